The van der Waals surface area contributed by atoms with Gasteiger partial charge in [-0.05, 0) is 31.2 Å². The Labute approximate surface area is 136 Å². The molecule has 0 bridgehead atoms. The molecule has 1 aromatic carbocycles. The summed E-state index contributed by atoms with van der Waals surface area (Å²) in [5, 5.41) is 7.82. The van der Waals surface area contributed by atoms with Gasteiger partial charge in [-0.25, -0.2) is 4.98 Å². The fourth-order valence-corrected chi connectivity index (χ4v) is 3.18. The van der Waals surface area contributed by atoms with Crippen molar-refractivity contribution in [3.8, 4) is 5.75 Å². The number of thioether (sulfide) groups is 1. The van der Waals surface area contributed by atoms with Gasteiger partial charge in [0.25, 0.3) is 0 Å². The minimum absolute atomic E-state index is 0.0448. The molecule has 2 aromatic rings. The topological polar surface area (TPSA) is 77.1 Å². The number of halogens is 1. The summed E-state index contributed by atoms with van der Waals surface area (Å²) in [7, 11) is 0. The van der Waals surface area contributed by atoms with E-state index in [1.165, 1.54) is 11.8 Å². The minimum Gasteiger partial charge on any atom is -0.486 e. The van der Waals surface area contributed by atoms with Crippen LogP contribution in [0.4, 0.5) is 0 Å². The molecule has 0 aliphatic carbocycles. The molecule has 3 rings (SSSR count). The lowest BCUT2D eigenvalue weighted by molar-refractivity contribution is -0.140. The monoisotopic (exact) mass is 339 g/mol. The normalized spacial score (nSPS) is 20.9. The van der Waals surface area contributed by atoms with Gasteiger partial charge in [0.05, 0.1) is 0 Å². The van der Waals surface area contributed by atoms with E-state index in [9.17, 15) is 4.79 Å². The van der Waals surface area contributed by atoms with Crippen LogP contribution in [0.25, 0.3) is 0 Å². The van der Waals surface area contributed by atoms with Crippen molar-refractivity contribution in [1.29, 1.82) is 0 Å². The first kappa shape index (κ1) is 15.2. The zero-order chi connectivity index (χ0) is 15.5. The van der Waals surface area contributed by atoms with Crippen molar-refractivity contribution in [3.63, 3.8) is 0 Å². The molecular weight excluding hydrogens is 326 g/mol. The van der Waals surface area contributed by atoms with Gasteiger partial charge in [-0.2, -0.15) is 0 Å². The van der Waals surface area contributed by atoms with Crippen LogP contribution >= 0.6 is 23.4 Å². The molecule has 0 spiro atoms. The summed E-state index contributed by atoms with van der Waals surface area (Å²) in [6.07, 6.45) is 0.630. The lowest BCUT2D eigenvalue weighted by atomic mass is 10.3. The summed E-state index contributed by atoms with van der Waals surface area (Å²) in [5.41, 5.74) is 0. The maximum Gasteiger partial charge on any atom is 0.319 e. The molecule has 1 aliphatic rings. The zero-order valence-corrected chi connectivity index (χ0v) is 13.4. The SMILES string of the molecule is CC1CC(Sc2n[nH]c(COc3ccc(Cl)cc3)n2)C(=O)O1. The third-order valence-electron chi connectivity index (χ3n) is 3.07. The molecule has 1 aliphatic heterocycles. The average molecular weight is 340 g/mol. The standard InChI is InChI=1S/C14H14ClN3O3S/c1-8-6-11(13(19)21-8)22-14-16-12(17-18-14)7-20-10-4-2-9(15)3-5-10/h2-5,8,11H,6-7H2,1H3,(H,16,17,18). The Morgan fingerprint density at radius 1 is 1.45 bits per heavy atom. The number of H-pyrrole nitrogens is 1. The van der Waals surface area contributed by atoms with E-state index < -0.39 is 0 Å². The van der Waals surface area contributed by atoms with E-state index in [4.69, 9.17) is 21.1 Å². The van der Waals surface area contributed by atoms with Crippen LogP contribution in [0, 0.1) is 0 Å². The van der Waals surface area contributed by atoms with Crippen LogP contribution in [0.3, 0.4) is 0 Å². The van der Waals surface area contributed by atoms with Gasteiger partial charge in [0, 0.05) is 11.4 Å². The number of nitrogens with one attached hydrogen (secondary N) is 1. The molecular formula is C14H14ClN3O3S. The first-order chi connectivity index (χ1) is 10.6. The second-order valence-corrected chi connectivity index (χ2v) is 6.50. The van der Waals surface area contributed by atoms with Crippen LogP contribution in [0.2, 0.25) is 5.02 Å². The lowest BCUT2D eigenvalue weighted by Crippen LogP contribution is -2.09. The van der Waals surface area contributed by atoms with Gasteiger partial charge in [-0.3, -0.25) is 9.89 Å². The molecule has 22 heavy (non-hydrogen) atoms. The molecule has 0 radical (unpaired) electrons. The maximum absolute atomic E-state index is 11.6. The molecule has 1 fully saturated rings. The Morgan fingerprint density at radius 3 is 2.91 bits per heavy atom. The molecule has 0 amide bonds. The molecule has 2 atom stereocenters. The smallest absolute Gasteiger partial charge is 0.319 e. The molecule has 2 unspecified atom stereocenters. The first-order valence-electron chi connectivity index (χ1n) is 6.77. The van der Waals surface area contributed by atoms with Crippen molar-refractivity contribution in [2.45, 2.75) is 36.5 Å². The van der Waals surface area contributed by atoms with E-state index in [1.807, 2.05) is 6.92 Å². The molecule has 8 heteroatoms. The van der Waals surface area contributed by atoms with E-state index in [1.54, 1.807) is 24.3 Å². The van der Waals surface area contributed by atoms with E-state index in [0.717, 1.165) is 0 Å². The molecule has 6 nitrogen and oxygen atoms in total. The van der Waals surface area contributed by atoms with E-state index in [2.05, 4.69) is 15.2 Å². The highest BCUT2D eigenvalue weighted by molar-refractivity contribution is 8.00. The number of benzene rings is 1. The summed E-state index contributed by atoms with van der Waals surface area (Å²) in [5.74, 6) is 1.08. The van der Waals surface area contributed by atoms with Crippen molar-refractivity contribution < 1.29 is 14.3 Å². The molecule has 1 saturated heterocycles. The predicted octanol–water partition coefficient (Wildman–Crippen LogP) is 2.83. The van der Waals surface area contributed by atoms with Crippen LogP contribution < -0.4 is 4.74 Å². The Bertz CT molecular complexity index is 662. The quantitative estimate of drug-likeness (QED) is 0.844. The Morgan fingerprint density at radius 2 is 2.23 bits per heavy atom. The van der Waals surface area contributed by atoms with Gasteiger partial charge < -0.3 is 9.47 Å². The fraction of sp³-hybridized carbons (Fsp3) is 0.357. The van der Waals surface area contributed by atoms with Gasteiger partial charge in [-0.15, -0.1) is 5.10 Å². The largest absolute Gasteiger partial charge is 0.486 e. The van der Waals surface area contributed by atoms with Crippen LogP contribution in [0.5, 0.6) is 5.75 Å². The number of hydrogen-bond donors (Lipinski definition) is 1. The summed E-state index contributed by atoms with van der Waals surface area (Å²) >= 11 is 7.12. The number of carbonyl (C=O) groups excluding carboxylic acids is 1. The summed E-state index contributed by atoms with van der Waals surface area (Å²) in [4.78, 5) is 15.9. The van der Waals surface area contributed by atoms with Gasteiger partial charge in [-0.1, -0.05) is 23.4 Å². The Kier molecular flexibility index (Phi) is 4.54. The summed E-state index contributed by atoms with van der Waals surface area (Å²) in [6, 6.07) is 7.07. The number of ether oxygens (including phenoxy) is 2. The number of nitrogens with zero attached hydrogens (tertiary/aromatic N) is 2. The van der Waals surface area contributed by atoms with Crippen molar-refractivity contribution >= 4 is 29.3 Å². The fourth-order valence-electron chi connectivity index (χ4n) is 2.02. The maximum atomic E-state index is 11.6. The average Bonchev–Trinajstić information content (AvgIpc) is 3.05. The summed E-state index contributed by atoms with van der Waals surface area (Å²) < 4.78 is 10.7. The lowest BCUT2D eigenvalue weighted by Gasteiger charge is -2.03. The van der Waals surface area contributed by atoms with Gasteiger partial charge in [0.2, 0.25) is 5.16 Å². The zero-order valence-electron chi connectivity index (χ0n) is 11.8. The number of cyclic esters (lactones) is 1. The first-order valence-corrected chi connectivity index (χ1v) is 8.03. The third kappa shape index (κ3) is 3.72. The van der Waals surface area contributed by atoms with Crippen molar-refractivity contribution in [1.82, 2.24) is 15.2 Å². The number of rotatable bonds is 5. The molecule has 116 valence electrons. The number of aromatic amines is 1. The second-order valence-electron chi connectivity index (χ2n) is 4.90. The molecule has 0 saturated carbocycles. The second kappa shape index (κ2) is 6.58. The van der Waals surface area contributed by atoms with Crippen LogP contribution in [0.15, 0.2) is 29.4 Å². The van der Waals surface area contributed by atoms with Crippen LogP contribution in [-0.4, -0.2) is 32.5 Å². The number of esters is 1. The van der Waals surface area contributed by atoms with Gasteiger partial charge >= 0.3 is 5.97 Å². The highest BCUT2D eigenvalue weighted by Crippen LogP contribution is 2.30. The number of aromatic nitrogens is 3. The molecule has 2 heterocycles. The van der Waals surface area contributed by atoms with Crippen molar-refractivity contribution in [3.05, 3.63) is 35.1 Å². The highest BCUT2D eigenvalue weighted by Gasteiger charge is 2.33. The van der Waals surface area contributed by atoms with Crippen LogP contribution in [-0.2, 0) is 16.1 Å². The van der Waals surface area contributed by atoms with Crippen LogP contribution in [0.1, 0.15) is 19.2 Å². The third-order valence-corrected chi connectivity index (χ3v) is 4.39. The summed E-state index contributed by atoms with van der Waals surface area (Å²) in [6.45, 7) is 2.14. The Balaban J connectivity index is 1.55. The number of carbonyl (C=O) groups is 1. The molecule has 1 aromatic heterocycles. The van der Waals surface area contributed by atoms with E-state index in [-0.39, 0.29) is 23.9 Å². The van der Waals surface area contributed by atoms with Crippen molar-refractivity contribution in [2.24, 2.45) is 0 Å². The Hall–Kier alpha value is -1.73. The number of hydrogen-bond acceptors (Lipinski definition) is 6. The van der Waals surface area contributed by atoms with Gasteiger partial charge in [0.1, 0.15) is 23.7 Å². The van der Waals surface area contributed by atoms with E-state index in [0.29, 0.717) is 28.2 Å². The van der Waals surface area contributed by atoms with Crippen molar-refractivity contribution in [2.75, 3.05) is 0 Å². The molecule has 1 N–H and O–H groups in total. The van der Waals surface area contributed by atoms with Gasteiger partial charge in [0.15, 0.2) is 5.82 Å². The highest BCUT2D eigenvalue weighted by atomic mass is 35.5. The minimum atomic E-state index is -0.240. The predicted molar refractivity (Wildman–Crippen MR) is 82.0 cm³/mol. The van der Waals surface area contributed by atoms with E-state index >= 15 is 0 Å².